The monoisotopic (exact) mass is 401 g/mol. The molecule has 0 aliphatic heterocycles. The highest BCUT2D eigenvalue weighted by Crippen LogP contribution is 2.36. The quantitative estimate of drug-likeness (QED) is 0.409. The van der Waals surface area contributed by atoms with Gasteiger partial charge in [-0.1, -0.05) is 50.2 Å². The maximum atomic E-state index is 4.91. The lowest BCUT2D eigenvalue weighted by Gasteiger charge is -2.08. The SMILES string of the molecule is Cc1c(-c2ccnc(Nc3ccccc3)n2)c(SC(C)C)nn1-c1ccccc1. The van der Waals surface area contributed by atoms with Crippen molar-refractivity contribution in [1.82, 2.24) is 19.7 Å². The summed E-state index contributed by atoms with van der Waals surface area (Å²) in [4.78, 5) is 9.17. The number of anilines is 2. The summed E-state index contributed by atoms with van der Waals surface area (Å²) in [6.07, 6.45) is 1.79. The summed E-state index contributed by atoms with van der Waals surface area (Å²) < 4.78 is 1.99. The molecule has 0 atom stereocenters. The van der Waals surface area contributed by atoms with Crippen LogP contribution in [0.4, 0.5) is 11.6 Å². The number of nitrogens with zero attached hydrogens (tertiary/aromatic N) is 4. The van der Waals surface area contributed by atoms with Crippen molar-refractivity contribution in [2.24, 2.45) is 0 Å². The zero-order chi connectivity index (χ0) is 20.2. The number of hydrogen-bond donors (Lipinski definition) is 1. The van der Waals surface area contributed by atoms with Gasteiger partial charge in [0.05, 0.1) is 22.6 Å². The van der Waals surface area contributed by atoms with Crippen molar-refractivity contribution >= 4 is 23.4 Å². The van der Waals surface area contributed by atoms with Crippen molar-refractivity contribution in [3.8, 4) is 16.9 Å². The molecular weight excluding hydrogens is 378 g/mol. The highest BCUT2D eigenvalue weighted by atomic mass is 32.2. The fraction of sp³-hybridized carbons (Fsp3) is 0.174. The summed E-state index contributed by atoms with van der Waals surface area (Å²) in [6, 6.07) is 22.1. The third-order valence-electron chi connectivity index (χ3n) is 4.37. The van der Waals surface area contributed by atoms with Crippen molar-refractivity contribution in [3.63, 3.8) is 0 Å². The minimum Gasteiger partial charge on any atom is -0.324 e. The average Bonchev–Trinajstić information content (AvgIpc) is 3.05. The van der Waals surface area contributed by atoms with E-state index >= 15 is 0 Å². The van der Waals surface area contributed by atoms with Gasteiger partial charge in [-0.2, -0.15) is 5.10 Å². The van der Waals surface area contributed by atoms with Crippen LogP contribution in [0.15, 0.2) is 78.0 Å². The molecule has 0 fully saturated rings. The number of para-hydroxylation sites is 2. The fourth-order valence-corrected chi connectivity index (χ4v) is 4.05. The molecule has 0 saturated carbocycles. The Labute approximate surface area is 175 Å². The van der Waals surface area contributed by atoms with Gasteiger partial charge in [-0.3, -0.25) is 0 Å². The van der Waals surface area contributed by atoms with Gasteiger partial charge in [-0.05, 0) is 37.3 Å². The van der Waals surface area contributed by atoms with E-state index in [2.05, 4.69) is 43.2 Å². The minimum absolute atomic E-state index is 0.413. The molecule has 29 heavy (non-hydrogen) atoms. The number of rotatable bonds is 6. The maximum absolute atomic E-state index is 4.91. The maximum Gasteiger partial charge on any atom is 0.227 e. The molecule has 2 aromatic carbocycles. The first kappa shape index (κ1) is 19.2. The van der Waals surface area contributed by atoms with Gasteiger partial charge in [0.25, 0.3) is 0 Å². The van der Waals surface area contributed by atoms with E-state index in [1.807, 2.05) is 59.3 Å². The minimum atomic E-state index is 0.413. The second-order valence-corrected chi connectivity index (χ2v) is 8.50. The molecule has 5 nitrogen and oxygen atoms in total. The Balaban J connectivity index is 1.77. The zero-order valence-electron chi connectivity index (χ0n) is 16.7. The van der Waals surface area contributed by atoms with Crippen molar-refractivity contribution < 1.29 is 0 Å². The Morgan fingerprint density at radius 1 is 0.931 bits per heavy atom. The van der Waals surface area contributed by atoms with E-state index in [9.17, 15) is 0 Å². The van der Waals surface area contributed by atoms with Gasteiger partial charge in [0.1, 0.15) is 5.03 Å². The van der Waals surface area contributed by atoms with E-state index in [4.69, 9.17) is 10.1 Å². The van der Waals surface area contributed by atoms with Crippen molar-refractivity contribution in [3.05, 3.63) is 78.6 Å². The van der Waals surface area contributed by atoms with Gasteiger partial charge in [-0.15, -0.1) is 11.8 Å². The molecule has 4 rings (SSSR count). The number of aromatic nitrogens is 4. The zero-order valence-corrected chi connectivity index (χ0v) is 17.5. The Morgan fingerprint density at radius 2 is 1.62 bits per heavy atom. The molecule has 0 aliphatic carbocycles. The van der Waals surface area contributed by atoms with Gasteiger partial charge in [0.15, 0.2) is 0 Å². The van der Waals surface area contributed by atoms with Gasteiger partial charge in [-0.25, -0.2) is 14.6 Å². The molecule has 1 N–H and O–H groups in total. The number of thioether (sulfide) groups is 1. The third-order valence-corrected chi connectivity index (χ3v) is 5.35. The standard InChI is InChI=1S/C23H23N5S/c1-16(2)29-22-21(17(3)28(27-22)19-12-8-5-9-13-19)20-14-15-24-23(26-20)25-18-10-6-4-7-11-18/h4-16H,1-3H3,(H,24,25,26). The van der Waals surface area contributed by atoms with E-state index in [1.165, 1.54) is 0 Å². The van der Waals surface area contributed by atoms with Gasteiger partial charge in [0, 0.05) is 17.1 Å². The summed E-state index contributed by atoms with van der Waals surface area (Å²) in [5.41, 5.74) is 4.97. The molecule has 6 heteroatoms. The molecule has 0 spiro atoms. The smallest absolute Gasteiger partial charge is 0.227 e. The normalized spacial score (nSPS) is 11.0. The lowest BCUT2D eigenvalue weighted by molar-refractivity contribution is 0.812. The highest BCUT2D eigenvalue weighted by molar-refractivity contribution is 7.99. The molecule has 146 valence electrons. The second-order valence-electron chi connectivity index (χ2n) is 6.94. The van der Waals surface area contributed by atoms with Crippen LogP contribution in [0.2, 0.25) is 0 Å². The van der Waals surface area contributed by atoms with Gasteiger partial charge < -0.3 is 5.32 Å². The van der Waals surface area contributed by atoms with Crippen molar-refractivity contribution in [2.75, 3.05) is 5.32 Å². The Bertz CT molecular complexity index is 1090. The van der Waals surface area contributed by atoms with Gasteiger partial charge >= 0.3 is 0 Å². The number of hydrogen-bond acceptors (Lipinski definition) is 5. The lowest BCUT2D eigenvalue weighted by atomic mass is 10.2. The van der Waals surface area contributed by atoms with Crippen LogP contribution in [0.25, 0.3) is 16.9 Å². The Hall–Kier alpha value is -3.12. The summed E-state index contributed by atoms with van der Waals surface area (Å²) in [5, 5.41) is 9.58. The Morgan fingerprint density at radius 3 is 2.31 bits per heavy atom. The first-order valence-electron chi connectivity index (χ1n) is 9.59. The molecule has 0 radical (unpaired) electrons. The number of nitrogens with one attached hydrogen (secondary N) is 1. The van der Waals surface area contributed by atoms with Crippen LogP contribution in [0.3, 0.4) is 0 Å². The molecular formula is C23H23N5S. The van der Waals surface area contributed by atoms with E-state index in [1.54, 1.807) is 18.0 Å². The molecule has 0 aliphatic rings. The average molecular weight is 402 g/mol. The molecule has 0 bridgehead atoms. The number of benzene rings is 2. The third kappa shape index (κ3) is 4.32. The summed E-state index contributed by atoms with van der Waals surface area (Å²) in [7, 11) is 0. The molecule has 2 heterocycles. The van der Waals surface area contributed by atoms with E-state index in [0.717, 1.165) is 33.4 Å². The van der Waals surface area contributed by atoms with Crippen LogP contribution in [-0.2, 0) is 0 Å². The van der Waals surface area contributed by atoms with Crippen LogP contribution < -0.4 is 5.32 Å². The second kappa shape index (κ2) is 8.49. The van der Waals surface area contributed by atoms with Gasteiger partial charge in [0.2, 0.25) is 5.95 Å². The molecule has 2 aromatic heterocycles. The Kier molecular flexibility index (Phi) is 5.62. The molecule has 4 aromatic rings. The molecule has 0 saturated heterocycles. The van der Waals surface area contributed by atoms with E-state index in [-0.39, 0.29) is 0 Å². The predicted molar refractivity (Wildman–Crippen MR) is 120 cm³/mol. The van der Waals surface area contributed by atoms with Crippen LogP contribution in [0.1, 0.15) is 19.5 Å². The first-order chi connectivity index (χ1) is 14.1. The van der Waals surface area contributed by atoms with Crippen molar-refractivity contribution in [2.45, 2.75) is 31.0 Å². The predicted octanol–water partition coefficient (Wildman–Crippen LogP) is 5.88. The molecule has 0 amide bonds. The fourth-order valence-electron chi connectivity index (χ4n) is 3.11. The lowest BCUT2D eigenvalue weighted by Crippen LogP contribution is -2.00. The summed E-state index contributed by atoms with van der Waals surface area (Å²) in [5.74, 6) is 0.570. The van der Waals surface area contributed by atoms with Crippen molar-refractivity contribution in [1.29, 1.82) is 0 Å². The van der Waals surface area contributed by atoms with E-state index < -0.39 is 0 Å². The largest absolute Gasteiger partial charge is 0.324 e. The van der Waals surface area contributed by atoms with Crippen LogP contribution >= 0.6 is 11.8 Å². The summed E-state index contributed by atoms with van der Waals surface area (Å²) in [6.45, 7) is 6.44. The van der Waals surface area contributed by atoms with Crippen LogP contribution in [0, 0.1) is 6.92 Å². The molecule has 0 unspecified atom stereocenters. The first-order valence-corrected chi connectivity index (χ1v) is 10.5. The topological polar surface area (TPSA) is 55.6 Å². The van der Waals surface area contributed by atoms with E-state index in [0.29, 0.717) is 11.2 Å². The van der Waals surface area contributed by atoms with Crippen LogP contribution in [0.5, 0.6) is 0 Å². The van der Waals surface area contributed by atoms with Crippen LogP contribution in [-0.4, -0.2) is 25.0 Å². The summed E-state index contributed by atoms with van der Waals surface area (Å²) >= 11 is 1.75. The highest BCUT2D eigenvalue weighted by Gasteiger charge is 2.20.